The van der Waals surface area contributed by atoms with Gasteiger partial charge in [0.05, 0.1) is 7.05 Å². The first-order chi connectivity index (χ1) is 6.04. The highest BCUT2D eigenvalue weighted by Gasteiger charge is 2.21. The zero-order valence-electron chi connectivity index (χ0n) is 8.80. The van der Waals surface area contributed by atoms with E-state index >= 15 is 0 Å². The van der Waals surface area contributed by atoms with Crippen LogP contribution in [0.15, 0.2) is 0 Å². The number of hydrogen-bond donors (Lipinski definition) is 0. The summed E-state index contributed by atoms with van der Waals surface area (Å²) in [5.74, 6) is 1.31. The van der Waals surface area contributed by atoms with Crippen molar-refractivity contribution in [3.8, 4) is 0 Å². The van der Waals surface area contributed by atoms with Gasteiger partial charge in [-0.15, -0.1) is 0 Å². The van der Waals surface area contributed by atoms with Crippen LogP contribution in [-0.4, -0.2) is 4.40 Å². The summed E-state index contributed by atoms with van der Waals surface area (Å²) in [6, 6.07) is 0. The first kappa shape index (κ1) is 8.75. The molecule has 0 N–H and O–H groups in total. The Morgan fingerprint density at radius 1 is 1.15 bits per heavy atom. The molecule has 0 unspecified atom stereocenters. The monoisotopic (exact) mass is 195 g/mol. The van der Waals surface area contributed by atoms with Crippen LogP contribution in [0.3, 0.4) is 0 Å². The van der Waals surface area contributed by atoms with Crippen LogP contribution in [0.4, 0.5) is 0 Å². The van der Waals surface area contributed by atoms with Gasteiger partial charge in [-0.2, -0.15) is 4.40 Å². The van der Waals surface area contributed by atoms with Crippen LogP contribution >= 0.6 is 11.3 Å². The zero-order valence-corrected chi connectivity index (χ0v) is 9.62. The molecule has 2 heterocycles. The minimum Gasteiger partial charge on any atom is -0.233 e. The van der Waals surface area contributed by atoms with E-state index in [9.17, 15) is 0 Å². The normalized spacial score (nSPS) is 11.5. The van der Waals surface area contributed by atoms with Gasteiger partial charge in [-0.3, -0.25) is 0 Å². The van der Waals surface area contributed by atoms with Crippen LogP contribution < -0.4 is 4.57 Å². The fourth-order valence-corrected chi connectivity index (χ4v) is 2.91. The summed E-state index contributed by atoms with van der Waals surface area (Å²) in [7, 11) is 2.12. The molecule has 0 amide bonds. The molecule has 0 aliphatic carbocycles. The fourth-order valence-electron chi connectivity index (χ4n) is 1.74. The van der Waals surface area contributed by atoms with Crippen molar-refractivity contribution in [3.63, 3.8) is 0 Å². The Hall–Kier alpha value is -0.830. The predicted octanol–water partition coefficient (Wildman–Crippen LogP) is 2.06. The zero-order chi connectivity index (χ0) is 9.75. The summed E-state index contributed by atoms with van der Waals surface area (Å²) in [5, 5.41) is 0. The lowest BCUT2D eigenvalue weighted by atomic mass is 10.4. The highest BCUT2D eigenvalue weighted by molar-refractivity contribution is 7.17. The summed E-state index contributed by atoms with van der Waals surface area (Å²) in [6.45, 7) is 8.72. The van der Waals surface area contributed by atoms with E-state index in [1.54, 1.807) is 0 Å². The number of rotatable bonds is 0. The molecule has 2 aromatic heterocycles. The lowest BCUT2D eigenvalue weighted by molar-refractivity contribution is -0.682. The molecule has 0 aliphatic heterocycles. The van der Waals surface area contributed by atoms with Crippen molar-refractivity contribution in [2.45, 2.75) is 27.7 Å². The molecule has 0 fully saturated rings. The molecule has 70 valence electrons. The molecule has 0 atom stereocenters. The molecule has 0 radical (unpaired) electrons. The Kier molecular flexibility index (Phi) is 1.74. The van der Waals surface area contributed by atoms with Crippen molar-refractivity contribution in [1.29, 1.82) is 0 Å². The van der Waals surface area contributed by atoms with Crippen LogP contribution in [0.2, 0.25) is 0 Å². The molecule has 0 bridgehead atoms. The summed E-state index contributed by atoms with van der Waals surface area (Å²) in [6.07, 6.45) is 0. The molecule has 0 aromatic carbocycles. The van der Waals surface area contributed by atoms with E-state index in [0.717, 1.165) is 0 Å². The summed E-state index contributed by atoms with van der Waals surface area (Å²) in [5.41, 5.74) is 2.74. The second kappa shape index (κ2) is 2.58. The fraction of sp³-hybridized carbons (Fsp3) is 0.500. The van der Waals surface area contributed by atoms with Crippen molar-refractivity contribution in [3.05, 3.63) is 22.1 Å². The Bertz CT molecular complexity index is 477. The predicted molar refractivity (Wildman–Crippen MR) is 55.4 cm³/mol. The van der Waals surface area contributed by atoms with Gasteiger partial charge in [-0.1, -0.05) is 11.3 Å². The van der Waals surface area contributed by atoms with Crippen molar-refractivity contribution in [2.24, 2.45) is 7.05 Å². The highest BCUT2D eigenvalue weighted by Crippen LogP contribution is 2.24. The lowest BCUT2D eigenvalue weighted by Gasteiger charge is -1.90. The number of nitrogens with zero attached hydrogens (tertiary/aromatic N) is 2. The molecule has 13 heavy (non-hydrogen) atoms. The van der Waals surface area contributed by atoms with Gasteiger partial charge in [-0.05, 0) is 13.8 Å². The lowest BCUT2D eigenvalue weighted by Crippen LogP contribution is -2.32. The quantitative estimate of drug-likeness (QED) is 0.569. The maximum absolute atomic E-state index is 2.34. The van der Waals surface area contributed by atoms with Crippen LogP contribution in [0.5, 0.6) is 0 Å². The van der Waals surface area contributed by atoms with Gasteiger partial charge < -0.3 is 0 Å². The topological polar surface area (TPSA) is 8.29 Å². The van der Waals surface area contributed by atoms with Crippen molar-refractivity contribution in [2.75, 3.05) is 0 Å². The van der Waals surface area contributed by atoms with Gasteiger partial charge in [0, 0.05) is 18.7 Å². The molecule has 0 aliphatic rings. The summed E-state index contributed by atoms with van der Waals surface area (Å²) in [4.78, 5) is 2.80. The Labute approximate surface area is 82.4 Å². The van der Waals surface area contributed by atoms with E-state index in [0.29, 0.717) is 0 Å². The minimum absolute atomic E-state index is 1.31. The largest absolute Gasteiger partial charge is 0.259 e. The van der Waals surface area contributed by atoms with Crippen LogP contribution in [0, 0.1) is 27.7 Å². The van der Waals surface area contributed by atoms with Crippen LogP contribution in [-0.2, 0) is 7.05 Å². The summed E-state index contributed by atoms with van der Waals surface area (Å²) < 4.78 is 4.59. The number of hydrogen-bond acceptors (Lipinski definition) is 1. The highest BCUT2D eigenvalue weighted by atomic mass is 32.1. The van der Waals surface area contributed by atoms with Gasteiger partial charge >= 0.3 is 0 Å². The third kappa shape index (κ3) is 0.967. The molecule has 0 spiro atoms. The summed E-state index contributed by atoms with van der Waals surface area (Å²) >= 11 is 1.88. The molecule has 0 saturated carbocycles. The maximum atomic E-state index is 2.34. The molecule has 2 nitrogen and oxygen atoms in total. The van der Waals surface area contributed by atoms with Gasteiger partial charge in [0.15, 0.2) is 5.69 Å². The molecular weight excluding hydrogens is 180 g/mol. The number of aromatic nitrogens is 2. The van der Waals surface area contributed by atoms with E-state index < -0.39 is 0 Å². The van der Waals surface area contributed by atoms with Crippen molar-refractivity contribution in [1.82, 2.24) is 4.40 Å². The number of thiazole rings is 1. The Balaban J connectivity index is 3.01. The number of aryl methyl sites for hydroxylation is 4. The second-order valence-corrected chi connectivity index (χ2v) is 4.78. The van der Waals surface area contributed by atoms with Crippen LogP contribution in [0.1, 0.15) is 22.1 Å². The van der Waals surface area contributed by atoms with Gasteiger partial charge in [0.25, 0.3) is 5.82 Å². The van der Waals surface area contributed by atoms with E-state index in [4.69, 9.17) is 0 Å². The standard InChI is InChI=1S/C10H15N2S/c1-6-8(3)13-10-7(2)11(5)9(4)12(6)10/h1-5H3/q+1. The van der Waals surface area contributed by atoms with E-state index in [2.05, 4.69) is 43.7 Å². The molecular formula is C10H15N2S+. The Morgan fingerprint density at radius 3 is 2.31 bits per heavy atom. The number of imidazole rings is 1. The average Bonchev–Trinajstić information content (AvgIpc) is 2.48. The minimum atomic E-state index is 1.31. The average molecular weight is 195 g/mol. The Morgan fingerprint density at radius 2 is 1.77 bits per heavy atom. The molecule has 3 heteroatoms. The van der Waals surface area contributed by atoms with Crippen molar-refractivity contribution >= 4 is 16.2 Å². The van der Waals surface area contributed by atoms with Crippen molar-refractivity contribution < 1.29 is 4.57 Å². The smallest absolute Gasteiger partial charge is 0.233 e. The van der Waals surface area contributed by atoms with E-state index in [1.165, 1.54) is 26.9 Å². The molecule has 2 aromatic rings. The van der Waals surface area contributed by atoms with Crippen LogP contribution in [0.25, 0.3) is 4.83 Å². The van der Waals surface area contributed by atoms with E-state index in [-0.39, 0.29) is 0 Å². The number of fused-ring (bicyclic) bond motifs is 1. The molecule has 0 saturated heterocycles. The third-order valence-electron chi connectivity index (χ3n) is 2.92. The van der Waals surface area contributed by atoms with Gasteiger partial charge in [0.2, 0.25) is 4.83 Å². The maximum Gasteiger partial charge on any atom is 0.259 e. The van der Waals surface area contributed by atoms with Gasteiger partial charge in [0.1, 0.15) is 5.69 Å². The molecule has 2 rings (SSSR count). The van der Waals surface area contributed by atoms with E-state index in [1.807, 2.05) is 11.3 Å². The first-order valence-electron chi connectivity index (χ1n) is 4.47. The second-order valence-electron chi connectivity index (χ2n) is 3.58. The van der Waals surface area contributed by atoms with Gasteiger partial charge in [-0.25, -0.2) is 4.57 Å². The first-order valence-corrected chi connectivity index (χ1v) is 5.29. The SMILES string of the molecule is Cc1sc2c(C)[n+](C)c(C)n2c1C. The third-order valence-corrected chi connectivity index (χ3v) is 4.19.